The number of ether oxygens (including phenoxy) is 1. The Balaban J connectivity index is 2.36. The molecule has 23 heavy (non-hydrogen) atoms. The largest absolute Gasteiger partial charge is 0.456 e. The molecule has 0 aromatic heterocycles. The molecule has 120 valence electrons. The highest BCUT2D eigenvalue weighted by molar-refractivity contribution is 5.49. The average Bonchev–Trinajstić information content (AvgIpc) is 2.46. The van der Waals surface area contributed by atoms with Crippen LogP contribution < -0.4 is 4.74 Å². The first-order chi connectivity index (χ1) is 10.6. The predicted octanol–water partition coefficient (Wildman–Crippen LogP) is 5.67. The van der Waals surface area contributed by atoms with E-state index in [-0.39, 0.29) is 22.5 Å². The summed E-state index contributed by atoms with van der Waals surface area (Å²) >= 11 is 0. The fourth-order valence-corrected chi connectivity index (χ4v) is 2.04. The molecule has 2 nitrogen and oxygen atoms in total. The van der Waals surface area contributed by atoms with Gasteiger partial charge < -0.3 is 4.74 Å². The van der Waals surface area contributed by atoms with Crippen LogP contribution in [-0.4, -0.2) is 0 Å². The van der Waals surface area contributed by atoms with E-state index in [4.69, 9.17) is 4.74 Å². The van der Waals surface area contributed by atoms with Gasteiger partial charge in [-0.15, -0.1) is 0 Å². The Morgan fingerprint density at radius 3 is 2.22 bits per heavy atom. The highest BCUT2D eigenvalue weighted by atomic mass is 19.4. The Kier molecular flexibility index (Phi) is 4.37. The molecule has 0 saturated heterocycles. The lowest BCUT2D eigenvalue weighted by Crippen LogP contribution is -2.11. The fraction of sp³-hybridized carbons (Fsp3) is 0.278. The predicted molar refractivity (Wildman–Crippen MR) is 81.4 cm³/mol. The van der Waals surface area contributed by atoms with Gasteiger partial charge in [0.1, 0.15) is 17.6 Å². The zero-order chi connectivity index (χ0) is 17.3. The highest BCUT2D eigenvalue weighted by Gasteiger charge is 2.30. The minimum atomic E-state index is -4.44. The molecule has 2 rings (SSSR count). The van der Waals surface area contributed by atoms with E-state index < -0.39 is 11.7 Å². The van der Waals surface area contributed by atoms with Crippen molar-refractivity contribution in [2.75, 3.05) is 0 Å². The molecule has 0 aliphatic carbocycles. The van der Waals surface area contributed by atoms with Gasteiger partial charge in [-0.25, -0.2) is 0 Å². The van der Waals surface area contributed by atoms with Crippen molar-refractivity contribution < 1.29 is 17.9 Å². The lowest BCUT2D eigenvalue weighted by Gasteiger charge is -2.20. The van der Waals surface area contributed by atoms with E-state index in [1.54, 1.807) is 12.1 Å². The van der Waals surface area contributed by atoms with Gasteiger partial charge in [0.25, 0.3) is 0 Å². The van der Waals surface area contributed by atoms with Crippen molar-refractivity contribution >= 4 is 0 Å². The quantitative estimate of drug-likeness (QED) is 0.715. The van der Waals surface area contributed by atoms with Crippen molar-refractivity contribution in [3.63, 3.8) is 0 Å². The summed E-state index contributed by atoms with van der Waals surface area (Å²) < 4.78 is 43.7. The number of rotatable bonds is 2. The molecule has 0 aliphatic rings. The van der Waals surface area contributed by atoms with Gasteiger partial charge in [0, 0.05) is 0 Å². The van der Waals surface area contributed by atoms with E-state index in [0.29, 0.717) is 0 Å². The van der Waals surface area contributed by atoms with Gasteiger partial charge >= 0.3 is 6.18 Å². The summed E-state index contributed by atoms with van der Waals surface area (Å²) in [7, 11) is 0. The molecule has 2 aromatic rings. The molecule has 0 atom stereocenters. The lowest BCUT2D eigenvalue weighted by atomic mass is 9.86. The Bertz CT molecular complexity index is 752. The first-order valence-corrected chi connectivity index (χ1v) is 7.01. The van der Waals surface area contributed by atoms with Crippen molar-refractivity contribution in [3.8, 4) is 17.6 Å². The summed E-state index contributed by atoms with van der Waals surface area (Å²) in [5.41, 5.74) is 0.306. The Morgan fingerprint density at radius 1 is 0.957 bits per heavy atom. The van der Waals surface area contributed by atoms with Crippen LogP contribution in [0.25, 0.3) is 0 Å². The summed E-state index contributed by atoms with van der Waals surface area (Å²) in [6, 6.07) is 11.7. The molecule has 0 N–H and O–H groups in total. The van der Waals surface area contributed by atoms with Crippen LogP contribution in [0.2, 0.25) is 0 Å². The first kappa shape index (κ1) is 16.9. The zero-order valence-electron chi connectivity index (χ0n) is 13.0. The Labute approximate surface area is 133 Å². The van der Waals surface area contributed by atoms with Crippen LogP contribution in [0.5, 0.6) is 11.5 Å². The van der Waals surface area contributed by atoms with Crippen molar-refractivity contribution in [1.29, 1.82) is 5.26 Å². The van der Waals surface area contributed by atoms with Crippen molar-refractivity contribution in [2.24, 2.45) is 0 Å². The van der Waals surface area contributed by atoms with Crippen LogP contribution in [0, 0.1) is 11.3 Å². The molecular formula is C18H16F3NO. The SMILES string of the molecule is CC(C)(C)c1ccc(Oc2cccc(C(F)(F)F)c2)c(C#N)c1. The maximum Gasteiger partial charge on any atom is 0.416 e. The minimum Gasteiger partial charge on any atom is -0.456 e. The number of nitriles is 1. The van der Waals surface area contributed by atoms with Crippen LogP contribution in [0.1, 0.15) is 37.5 Å². The molecule has 0 amide bonds. The van der Waals surface area contributed by atoms with Crippen LogP contribution in [0.15, 0.2) is 42.5 Å². The standard InChI is InChI=1S/C18H16F3NO/c1-17(2,3)13-7-8-16(12(9-13)11-22)23-15-6-4-5-14(10-15)18(19,20)21/h4-10H,1-3H3. The van der Waals surface area contributed by atoms with Gasteiger partial charge in [0.05, 0.1) is 11.1 Å². The van der Waals surface area contributed by atoms with Gasteiger partial charge in [0.15, 0.2) is 0 Å². The van der Waals surface area contributed by atoms with Crippen LogP contribution in [0.3, 0.4) is 0 Å². The third kappa shape index (κ3) is 4.04. The van der Waals surface area contributed by atoms with E-state index in [1.807, 2.05) is 32.9 Å². The molecule has 0 aliphatic heterocycles. The number of alkyl halides is 3. The normalized spacial score (nSPS) is 11.9. The molecule has 2 aromatic carbocycles. The summed E-state index contributed by atoms with van der Waals surface area (Å²) in [5.74, 6) is 0.277. The van der Waals surface area contributed by atoms with Crippen LogP contribution in [-0.2, 0) is 11.6 Å². The molecule has 0 saturated carbocycles. The van der Waals surface area contributed by atoms with Gasteiger partial charge in [-0.2, -0.15) is 18.4 Å². The van der Waals surface area contributed by atoms with Crippen molar-refractivity contribution in [1.82, 2.24) is 0 Å². The van der Waals surface area contributed by atoms with Gasteiger partial charge in [-0.3, -0.25) is 0 Å². The molecule has 0 bridgehead atoms. The molecule has 0 fully saturated rings. The monoisotopic (exact) mass is 319 g/mol. The highest BCUT2D eigenvalue weighted by Crippen LogP contribution is 2.34. The summed E-state index contributed by atoms with van der Waals surface area (Å²) in [6.07, 6.45) is -4.44. The topological polar surface area (TPSA) is 33.0 Å². The molecule has 0 unspecified atom stereocenters. The number of benzene rings is 2. The third-order valence-corrected chi connectivity index (χ3v) is 3.36. The van der Waals surface area contributed by atoms with Crippen LogP contribution >= 0.6 is 0 Å². The number of hydrogen-bond donors (Lipinski definition) is 0. The summed E-state index contributed by atoms with van der Waals surface area (Å²) in [6.45, 7) is 6.03. The molecule has 0 radical (unpaired) electrons. The molecule has 5 heteroatoms. The van der Waals surface area contributed by atoms with Crippen molar-refractivity contribution in [3.05, 3.63) is 59.2 Å². The minimum absolute atomic E-state index is 0.0415. The third-order valence-electron chi connectivity index (χ3n) is 3.36. The van der Waals surface area contributed by atoms with Gasteiger partial charge in [-0.1, -0.05) is 32.9 Å². The summed E-state index contributed by atoms with van der Waals surface area (Å²) in [4.78, 5) is 0. The van der Waals surface area contributed by atoms with E-state index in [0.717, 1.165) is 17.7 Å². The van der Waals surface area contributed by atoms with E-state index in [1.165, 1.54) is 12.1 Å². The van der Waals surface area contributed by atoms with Crippen molar-refractivity contribution in [2.45, 2.75) is 32.4 Å². The second-order valence-corrected chi connectivity index (χ2v) is 6.20. The zero-order valence-corrected chi connectivity index (χ0v) is 13.0. The smallest absolute Gasteiger partial charge is 0.416 e. The number of halogens is 3. The average molecular weight is 319 g/mol. The van der Waals surface area contributed by atoms with E-state index in [9.17, 15) is 18.4 Å². The van der Waals surface area contributed by atoms with E-state index in [2.05, 4.69) is 0 Å². The fourth-order valence-electron chi connectivity index (χ4n) is 2.04. The Morgan fingerprint density at radius 2 is 1.65 bits per heavy atom. The first-order valence-electron chi connectivity index (χ1n) is 7.01. The van der Waals surface area contributed by atoms with E-state index >= 15 is 0 Å². The second-order valence-electron chi connectivity index (χ2n) is 6.20. The molecule has 0 spiro atoms. The summed E-state index contributed by atoms with van der Waals surface area (Å²) in [5, 5.41) is 9.26. The second kappa shape index (κ2) is 5.96. The maximum atomic E-state index is 12.7. The van der Waals surface area contributed by atoms with Gasteiger partial charge in [0.2, 0.25) is 0 Å². The Hall–Kier alpha value is -2.48. The van der Waals surface area contributed by atoms with Gasteiger partial charge in [-0.05, 0) is 41.3 Å². The van der Waals surface area contributed by atoms with Crippen LogP contribution in [0.4, 0.5) is 13.2 Å². The molecule has 0 heterocycles. The lowest BCUT2D eigenvalue weighted by molar-refractivity contribution is -0.137. The molecular weight excluding hydrogens is 303 g/mol. The maximum absolute atomic E-state index is 12.7. The number of nitrogens with zero attached hydrogens (tertiary/aromatic N) is 1. The number of hydrogen-bond acceptors (Lipinski definition) is 2.